The average molecular weight is 463 g/mol. The number of rotatable bonds is 9. The number of hydrogen-bond acceptors (Lipinski definition) is 7. The van der Waals surface area contributed by atoms with Gasteiger partial charge in [0, 0.05) is 49.5 Å². The maximum absolute atomic E-state index is 12.6. The summed E-state index contributed by atoms with van der Waals surface area (Å²) < 4.78 is 10.3. The summed E-state index contributed by atoms with van der Waals surface area (Å²) in [6.45, 7) is 4.96. The number of carbonyl (C=O) groups is 1. The van der Waals surface area contributed by atoms with Crippen LogP contribution in [0.15, 0.2) is 36.4 Å². The van der Waals surface area contributed by atoms with Crippen molar-refractivity contribution in [3.8, 4) is 11.5 Å². The minimum atomic E-state index is -0.600. The number of anilines is 1. The van der Waals surface area contributed by atoms with Gasteiger partial charge in [0.15, 0.2) is 11.5 Å². The summed E-state index contributed by atoms with van der Waals surface area (Å²) in [7, 11) is 2.80. The van der Waals surface area contributed by atoms with Gasteiger partial charge in [-0.3, -0.25) is 19.8 Å². The molecule has 0 spiro atoms. The summed E-state index contributed by atoms with van der Waals surface area (Å²) in [5, 5.41) is 14.9. The fourth-order valence-electron chi connectivity index (χ4n) is 3.68. The molecule has 0 atom stereocenters. The Bertz CT molecular complexity index is 946. The van der Waals surface area contributed by atoms with Crippen LogP contribution in [0.4, 0.5) is 11.4 Å². The first kappa shape index (κ1) is 23.6. The lowest BCUT2D eigenvalue weighted by Crippen LogP contribution is -2.47. The predicted molar refractivity (Wildman–Crippen MR) is 123 cm³/mol. The first-order valence-electron chi connectivity index (χ1n) is 10.3. The molecule has 0 bridgehead atoms. The smallest absolute Gasteiger partial charge is 0.286 e. The van der Waals surface area contributed by atoms with E-state index in [4.69, 9.17) is 21.1 Å². The van der Waals surface area contributed by atoms with E-state index in [1.165, 1.54) is 26.4 Å². The Balaban J connectivity index is 1.47. The predicted octanol–water partition coefficient (Wildman–Crippen LogP) is 3.21. The summed E-state index contributed by atoms with van der Waals surface area (Å²) in [5.74, 6) is -0.0412. The number of halogens is 1. The molecule has 32 heavy (non-hydrogen) atoms. The molecule has 9 nitrogen and oxygen atoms in total. The van der Waals surface area contributed by atoms with Crippen LogP contribution < -0.4 is 19.7 Å². The third kappa shape index (κ3) is 5.80. The monoisotopic (exact) mass is 462 g/mol. The zero-order chi connectivity index (χ0) is 23.1. The molecule has 0 aromatic heterocycles. The van der Waals surface area contributed by atoms with Crippen molar-refractivity contribution < 1.29 is 19.2 Å². The second kappa shape index (κ2) is 11.0. The number of piperazine rings is 1. The topological polar surface area (TPSA) is 97.2 Å². The number of nitro groups is 1. The first-order chi connectivity index (χ1) is 15.4. The number of nitrogens with zero attached hydrogens (tertiary/aromatic N) is 3. The third-order valence-electron chi connectivity index (χ3n) is 5.44. The summed E-state index contributed by atoms with van der Waals surface area (Å²) in [4.78, 5) is 28.0. The molecule has 1 fully saturated rings. The van der Waals surface area contributed by atoms with Crippen molar-refractivity contribution in [2.75, 3.05) is 58.4 Å². The van der Waals surface area contributed by atoms with Gasteiger partial charge in [0.05, 0.1) is 25.2 Å². The summed E-state index contributed by atoms with van der Waals surface area (Å²) >= 11 is 5.96. The number of amides is 1. The van der Waals surface area contributed by atoms with E-state index in [0.717, 1.165) is 49.9 Å². The molecule has 1 amide bonds. The van der Waals surface area contributed by atoms with Crippen LogP contribution in [-0.4, -0.2) is 69.2 Å². The lowest BCUT2D eigenvalue weighted by molar-refractivity contribution is -0.385. The highest BCUT2D eigenvalue weighted by Crippen LogP contribution is 2.34. The molecule has 1 aliphatic rings. The third-order valence-corrected chi connectivity index (χ3v) is 5.70. The molecule has 172 valence electrons. The Labute approximate surface area is 192 Å². The lowest BCUT2D eigenvalue weighted by atomic mass is 10.1. The van der Waals surface area contributed by atoms with Crippen molar-refractivity contribution in [2.45, 2.75) is 6.42 Å². The minimum Gasteiger partial charge on any atom is -0.493 e. The number of nitrogens with one attached hydrogen (secondary N) is 1. The molecular formula is C22H27ClN4O5. The second-order valence-electron chi connectivity index (χ2n) is 7.40. The van der Waals surface area contributed by atoms with Crippen LogP contribution in [0.2, 0.25) is 5.02 Å². The van der Waals surface area contributed by atoms with Gasteiger partial charge in [0.2, 0.25) is 0 Å². The molecule has 1 saturated heterocycles. The van der Waals surface area contributed by atoms with Crippen LogP contribution in [0.25, 0.3) is 0 Å². The highest BCUT2D eigenvalue weighted by Gasteiger charge is 2.24. The molecule has 2 aromatic rings. The molecule has 1 aliphatic heterocycles. The molecule has 2 aromatic carbocycles. The van der Waals surface area contributed by atoms with Gasteiger partial charge in [-0.15, -0.1) is 0 Å². The van der Waals surface area contributed by atoms with Gasteiger partial charge in [-0.1, -0.05) is 11.6 Å². The van der Waals surface area contributed by atoms with E-state index in [1.54, 1.807) is 0 Å². The minimum absolute atomic E-state index is 0.0516. The zero-order valence-electron chi connectivity index (χ0n) is 18.2. The number of hydrogen-bond donors (Lipinski definition) is 1. The van der Waals surface area contributed by atoms with Crippen molar-refractivity contribution in [2.24, 2.45) is 0 Å². The molecule has 10 heteroatoms. The van der Waals surface area contributed by atoms with Gasteiger partial charge in [0.1, 0.15) is 5.56 Å². The Morgan fingerprint density at radius 2 is 1.72 bits per heavy atom. The Kier molecular flexibility index (Phi) is 8.13. The van der Waals surface area contributed by atoms with Crippen molar-refractivity contribution in [1.82, 2.24) is 10.2 Å². The maximum Gasteiger partial charge on any atom is 0.286 e. The lowest BCUT2D eigenvalue weighted by Gasteiger charge is -2.36. The van der Waals surface area contributed by atoms with Crippen LogP contribution in [0, 0.1) is 10.1 Å². The van der Waals surface area contributed by atoms with Gasteiger partial charge < -0.3 is 19.7 Å². The van der Waals surface area contributed by atoms with Crippen molar-refractivity contribution >= 4 is 28.9 Å². The number of benzene rings is 2. The SMILES string of the molecule is COc1cc(C(=O)NCCCN2CCN(c3ccc(Cl)cc3)CC2)c([N+](=O)[O-])cc1OC. The van der Waals surface area contributed by atoms with Crippen LogP contribution in [0.1, 0.15) is 16.8 Å². The molecule has 0 saturated carbocycles. The Morgan fingerprint density at radius 1 is 1.09 bits per heavy atom. The quantitative estimate of drug-likeness (QED) is 0.347. The fraction of sp³-hybridized carbons (Fsp3) is 0.409. The molecule has 1 heterocycles. The number of nitro benzene ring substituents is 1. The molecule has 0 radical (unpaired) electrons. The van der Waals surface area contributed by atoms with Crippen molar-refractivity contribution in [1.29, 1.82) is 0 Å². The highest BCUT2D eigenvalue weighted by atomic mass is 35.5. The van der Waals surface area contributed by atoms with Gasteiger partial charge in [0.25, 0.3) is 11.6 Å². The van der Waals surface area contributed by atoms with Crippen LogP contribution in [-0.2, 0) is 0 Å². The molecule has 3 rings (SSSR count). The highest BCUT2D eigenvalue weighted by molar-refractivity contribution is 6.30. The summed E-state index contributed by atoms with van der Waals surface area (Å²) in [6.07, 6.45) is 0.744. The largest absolute Gasteiger partial charge is 0.493 e. The van der Waals surface area contributed by atoms with Crippen LogP contribution in [0.5, 0.6) is 11.5 Å². The van der Waals surface area contributed by atoms with E-state index >= 15 is 0 Å². The van der Waals surface area contributed by atoms with Crippen molar-refractivity contribution in [3.05, 3.63) is 57.1 Å². The Morgan fingerprint density at radius 3 is 2.31 bits per heavy atom. The van der Waals surface area contributed by atoms with E-state index in [-0.39, 0.29) is 22.7 Å². The normalized spacial score (nSPS) is 14.2. The number of ether oxygens (including phenoxy) is 2. The van der Waals surface area contributed by atoms with Crippen LogP contribution in [0.3, 0.4) is 0 Å². The van der Waals surface area contributed by atoms with E-state index in [0.29, 0.717) is 6.54 Å². The van der Waals surface area contributed by atoms with Gasteiger partial charge in [-0.2, -0.15) is 0 Å². The summed E-state index contributed by atoms with van der Waals surface area (Å²) in [6, 6.07) is 10.4. The Hall–Kier alpha value is -3.04. The average Bonchev–Trinajstić information content (AvgIpc) is 2.81. The molecule has 0 unspecified atom stereocenters. The maximum atomic E-state index is 12.6. The van der Waals surface area contributed by atoms with E-state index in [9.17, 15) is 14.9 Å². The first-order valence-corrected chi connectivity index (χ1v) is 10.7. The standard InChI is InChI=1S/C22H27ClN4O5/c1-31-20-14-18(19(27(29)30)15-21(20)32-2)22(28)24-8-3-9-25-10-12-26(13-11-25)17-6-4-16(23)5-7-17/h4-7,14-15H,3,8-13H2,1-2H3,(H,24,28). The van der Waals surface area contributed by atoms with E-state index in [1.807, 2.05) is 24.3 Å². The zero-order valence-corrected chi connectivity index (χ0v) is 18.9. The molecule has 1 N–H and O–H groups in total. The molecule has 0 aliphatic carbocycles. The summed E-state index contributed by atoms with van der Waals surface area (Å²) in [5.41, 5.74) is 0.792. The van der Waals surface area contributed by atoms with Crippen LogP contribution >= 0.6 is 11.6 Å². The fourth-order valence-corrected chi connectivity index (χ4v) is 3.81. The van der Waals surface area contributed by atoms with E-state index < -0.39 is 10.8 Å². The molecular weight excluding hydrogens is 436 g/mol. The van der Waals surface area contributed by atoms with Gasteiger partial charge in [-0.05, 0) is 37.2 Å². The van der Waals surface area contributed by atoms with Gasteiger partial charge in [-0.25, -0.2) is 0 Å². The second-order valence-corrected chi connectivity index (χ2v) is 7.83. The van der Waals surface area contributed by atoms with Crippen molar-refractivity contribution in [3.63, 3.8) is 0 Å². The number of methoxy groups -OCH3 is 2. The van der Waals surface area contributed by atoms with E-state index in [2.05, 4.69) is 15.1 Å². The van der Waals surface area contributed by atoms with Gasteiger partial charge >= 0.3 is 0 Å². The number of carbonyl (C=O) groups excluding carboxylic acids is 1.